The first kappa shape index (κ1) is 19.6. The molecule has 0 spiro atoms. The number of nitrogens with two attached hydrogens (primary N) is 1. The smallest absolute Gasteiger partial charge is 0.261 e. The van der Waals surface area contributed by atoms with Crippen molar-refractivity contribution in [2.45, 2.75) is 18.4 Å². The molecule has 0 fully saturated rings. The van der Waals surface area contributed by atoms with Gasteiger partial charge in [0.2, 0.25) is 5.56 Å². The van der Waals surface area contributed by atoms with E-state index in [1.165, 1.54) is 30.5 Å². The van der Waals surface area contributed by atoms with Gasteiger partial charge in [-0.1, -0.05) is 0 Å². The van der Waals surface area contributed by atoms with Crippen molar-refractivity contribution in [2.24, 2.45) is 10.7 Å². The first-order chi connectivity index (χ1) is 13.3. The minimum atomic E-state index is -2.87. The predicted octanol–water partition coefficient (Wildman–Crippen LogP) is 1.87. The van der Waals surface area contributed by atoms with E-state index in [2.05, 4.69) is 15.3 Å². The Morgan fingerprint density at radius 1 is 1.32 bits per heavy atom. The Kier molecular flexibility index (Phi) is 5.78. The number of H-pyrrole nitrogens is 1. The van der Waals surface area contributed by atoms with E-state index < -0.39 is 30.1 Å². The highest BCUT2D eigenvalue weighted by Gasteiger charge is 2.34. The van der Waals surface area contributed by atoms with Crippen LogP contribution in [-0.4, -0.2) is 42.4 Å². The van der Waals surface area contributed by atoms with Crippen molar-refractivity contribution in [3.05, 3.63) is 63.8 Å². The molecule has 1 unspecified atom stereocenters. The SMILES string of the molecule is NC1=N[C@H](C(F)F)C(c2cc(NC(=O)c3ccc(=O)[nH]c3)ccc2F)COC1. The number of carbonyl (C=O) groups excluding carboxylic acids is 1. The highest BCUT2D eigenvalue weighted by molar-refractivity contribution is 6.04. The number of hydrogen-bond donors (Lipinski definition) is 3. The van der Waals surface area contributed by atoms with Crippen LogP contribution in [0.1, 0.15) is 21.8 Å². The number of nitrogens with zero attached hydrogens (tertiary/aromatic N) is 1. The molecule has 0 aliphatic carbocycles. The van der Waals surface area contributed by atoms with Gasteiger partial charge in [0, 0.05) is 23.9 Å². The monoisotopic (exact) mass is 394 g/mol. The number of ether oxygens (including phenoxy) is 1. The molecule has 1 amide bonds. The average molecular weight is 394 g/mol. The number of hydrogen-bond acceptors (Lipinski definition) is 5. The molecule has 4 N–H and O–H groups in total. The topological polar surface area (TPSA) is 110 Å². The van der Waals surface area contributed by atoms with Crippen molar-refractivity contribution >= 4 is 17.4 Å². The van der Waals surface area contributed by atoms with E-state index in [9.17, 15) is 22.8 Å². The summed E-state index contributed by atoms with van der Waals surface area (Å²) in [7, 11) is 0. The van der Waals surface area contributed by atoms with Crippen LogP contribution in [0.5, 0.6) is 0 Å². The quantitative estimate of drug-likeness (QED) is 0.735. The maximum Gasteiger partial charge on any atom is 0.261 e. The van der Waals surface area contributed by atoms with Crippen LogP contribution in [0.25, 0.3) is 0 Å². The number of aromatic nitrogens is 1. The van der Waals surface area contributed by atoms with Crippen LogP contribution >= 0.6 is 0 Å². The number of rotatable bonds is 4. The molecule has 0 saturated heterocycles. The Balaban J connectivity index is 1.89. The van der Waals surface area contributed by atoms with Gasteiger partial charge in [-0.2, -0.15) is 0 Å². The highest BCUT2D eigenvalue weighted by atomic mass is 19.3. The standard InChI is InChI=1S/C18H17F3N4O3/c19-13-3-2-10(24-18(27)9-1-4-15(26)23-6-9)5-11(13)12-7-28-8-14(22)25-16(12)17(20)21/h1-6,12,16-17H,7-8H2,(H2,22,25)(H,23,26)(H,24,27)/t12?,16-/m0/s1. The van der Waals surface area contributed by atoms with Gasteiger partial charge < -0.3 is 20.8 Å². The van der Waals surface area contributed by atoms with Crippen LogP contribution in [0.4, 0.5) is 18.9 Å². The summed E-state index contributed by atoms with van der Waals surface area (Å²) in [5.41, 5.74) is 5.46. The maximum atomic E-state index is 14.4. The van der Waals surface area contributed by atoms with Gasteiger partial charge in [-0.05, 0) is 29.8 Å². The summed E-state index contributed by atoms with van der Waals surface area (Å²) in [6.07, 6.45) is -1.64. The van der Waals surface area contributed by atoms with Gasteiger partial charge in [0.15, 0.2) is 0 Å². The first-order valence-corrected chi connectivity index (χ1v) is 8.32. The molecule has 0 bridgehead atoms. The van der Waals surface area contributed by atoms with Crippen LogP contribution in [0, 0.1) is 5.82 Å². The van der Waals surface area contributed by atoms with Gasteiger partial charge in [0.05, 0.1) is 12.2 Å². The molecule has 1 aromatic carbocycles. The van der Waals surface area contributed by atoms with Crippen LogP contribution < -0.4 is 16.6 Å². The zero-order valence-corrected chi connectivity index (χ0v) is 14.5. The Bertz CT molecular complexity index is 941. The third-order valence-electron chi connectivity index (χ3n) is 4.23. The number of pyridine rings is 1. The normalized spacial score (nSPS) is 19.8. The van der Waals surface area contributed by atoms with Crippen molar-refractivity contribution < 1.29 is 22.7 Å². The molecule has 1 aromatic heterocycles. The molecule has 0 radical (unpaired) electrons. The van der Waals surface area contributed by atoms with Crippen LogP contribution in [0.2, 0.25) is 0 Å². The van der Waals surface area contributed by atoms with E-state index in [-0.39, 0.29) is 41.4 Å². The molecular weight excluding hydrogens is 377 g/mol. The Hall–Kier alpha value is -3.14. The van der Waals surface area contributed by atoms with Crippen molar-refractivity contribution in [1.82, 2.24) is 4.98 Å². The van der Waals surface area contributed by atoms with Gasteiger partial charge in [-0.3, -0.25) is 14.6 Å². The molecule has 0 saturated carbocycles. The Morgan fingerprint density at radius 3 is 2.79 bits per heavy atom. The second-order valence-corrected chi connectivity index (χ2v) is 6.20. The molecule has 148 valence electrons. The number of halogens is 3. The third kappa shape index (κ3) is 4.39. The molecule has 3 rings (SSSR count). The maximum absolute atomic E-state index is 14.4. The highest BCUT2D eigenvalue weighted by Crippen LogP contribution is 2.32. The lowest BCUT2D eigenvalue weighted by Crippen LogP contribution is -2.28. The summed E-state index contributed by atoms with van der Waals surface area (Å²) >= 11 is 0. The molecular formula is C18H17F3N4O3. The van der Waals surface area contributed by atoms with Crippen LogP contribution in [-0.2, 0) is 4.74 Å². The largest absolute Gasteiger partial charge is 0.386 e. The summed E-state index contributed by atoms with van der Waals surface area (Å²) in [6.45, 7) is -0.322. The van der Waals surface area contributed by atoms with Gasteiger partial charge in [0.1, 0.15) is 24.3 Å². The summed E-state index contributed by atoms with van der Waals surface area (Å²) < 4.78 is 46.6. The molecule has 10 heteroatoms. The lowest BCUT2D eigenvalue weighted by atomic mass is 9.91. The van der Waals surface area contributed by atoms with Crippen molar-refractivity contribution in [2.75, 3.05) is 18.5 Å². The van der Waals surface area contributed by atoms with E-state index in [4.69, 9.17) is 10.5 Å². The van der Waals surface area contributed by atoms with Gasteiger partial charge in [0.25, 0.3) is 12.3 Å². The van der Waals surface area contributed by atoms with Crippen molar-refractivity contribution in [1.29, 1.82) is 0 Å². The summed E-state index contributed by atoms with van der Waals surface area (Å²) in [6, 6.07) is 4.57. The molecule has 28 heavy (non-hydrogen) atoms. The number of anilines is 1. The van der Waals surface area contributed by atoms with Crippen molar-refractivity contribution in [3.63, 3.8) is 0 Å². The second kappa shape index (κ2) is 8.26. The number of aliphatic imine (C=N–C) groups is 1. The lowest BCUT2D eigenvalue weighted by Gasteiger charge is -2.23. The number of aromatic amines is 1. The van der Waals surface area contributed by atoms with E-state index >= 15 is 0 Å². The fraction of sp³-hybridized carbons (Fsp3) is 0.278. The lowest BCUT2D eigenvalue weighted by molar-refractivity contribution is 0.0801. The summed E-state index contributed by atoms with van der Waals surface area (Å²) in [5, 5.41) is 2.54. The number of carbonyl (C=O) groups is 1. The van der Waals surface area contributed by atoms with Gasteiger partial charge in [-0.15, -0.1) is 0 Å². The molecule has 1 aliphatic rings. The fourth-order valence-corrected chi connectivity index (χ4v) is 2.87. The third-order valence-corrected chi connectivity index (χ3v) is 4.23. The van der Waals surface area contributed by atoms with Gasteiger partial charge in [-0.25, -0.2) is 13.2 Å². The Labute approximate surface area is 157 Å². The number of amidine groups is 1. The average Bonchev–Trinajstić information content (AvgIpc) is 2.85. The van der Waals surface area contributed by atoms with E-state index in [1.54, 1.807) is 0 Å². The molecule has 7 nitrogen and oxygen atoms in total. The second-order valence-electron chi connectivity index (χ2n) is 6.20. The van der Waals surface area contributed by atoms with Crippen LogP contribution in [0.3, 0.4) is 0 Å². The summed E-state index contributed by atoms with van der Waals surface area (Å²) in [4.78, 5) is 29.5. The predicted molar refractivity (Wildman–Crippen MR) is 96.4 cm³/mol. The molecule has 2 aromatic rings. The zero-order chi connectivity index (χ0) is 20.3. The molecule has 1 aliphatic heterocycles. The number of alkyl halides is 2. The number of benzene rings is 1. The zero-order valence-electron chi connectivity index (χ0n) is 14.5. The van der Waals surface area contributed by atoms with E-state index in [0.29, 0.717) is 0 Å². The van der Waals surface area contributed by atoms with Crippen molar-refractivity contribution in [3.8, 4) is 0 Å². The van der Waals surface area contributed by atoms with E-state index in [0.717, 1.165) is 6.07 Å². The minimum absolute atomic E-state index is 0.0666. The molecule has 2 heterocycles. The van der Waals surface area contributed by atoms with E-state index in [1.807, 2.05) is 0 Å². The van der Waals surface area contributed by atoms with Crippen LogP contribution in [0.15, 0.2) is 46.3 Å². The number of nitrogens with one attached hydrogen (secondary N) is 2. The minimum Gasteiger partial charge on any atom is -0.386 e. The molecule has 2 atom stereocenters. The first-order valence-electron chi connectivity index (χ1n) is 8.32. The Morgan fingerprint density at radius 2 is 2.11 bits per heavy atom. The van der Waals surface area contributed by atoms with Gasteiger partial charge >= 0.3 is 0 Å². The number of amides is 1. The summed E-state index contributed by atoms with van der Waals surface area (Å²) in [5.74, 6) is -2.45. The fourth-order valence-electron chi connectivity index (χ4n) is 2.87.